The number of piperidine rings is 2. The average molecular weight is 1010 g/mol. The van der Waals surface area contributed by atoms with Crippen molar-refractivity contribution in [1.82, 2.24) is 20.4 Å². The number of benzene rings is 4. The standard InChI is InChI=1S/C54H61ClF2N6O9/c1-31-9-14-38(27-41(31)63-26-21-44(64)60-53(63)68)70-29-45(65)61-22-17-36(18-23-61)71-37-19-24-62(25-20-37)52(67)33-10-12-35(13-11-33)59-30-54(34-7-5-4-6-8-34)32(2)46-43(72-54)28-40(56)49(55)48(46)47-39(51(58)66)15-16-42(69-3)50(47)57/h4-9,14-16,27-28,32-33,35-37,59H,10-13,17-26,29-30H2,1-3H3,(H2,58,66)(H,60,64,68)/t32-,33?,35?,54-/m0/s1. The van der Waals surface area contributed by atoms with Crippen LogP contribution in [0.5, 0.6) is 17.2 Å². The molecule has 9 rings (SSSR count). The molecular formula is C54H61ClF2N6O9. The lowest BCUT2D eigenvalue weighted by molar-refractivity contribution is -0.141. The van der Waals surface area contributed by atoms with Gasteiger partial charge in [-0.15, -0.1) is 0 Å². The Kier molecular flexibility index (Phi) is 15.1. The second-order valence-electron chi connectivity index (χ2n) is 19.6. The summed E-state index contributed by atoms with van der Waals surface area (Å²) in [6.45, 7) is 6.58. The lowest BCUT2D eigenvalue weighted by Crippen LogP contribution is -2.49. The highest BCUT2D eigenvalue weighted by Crippen LogP contribution is 2.56. The molecular weight excluding hydrogens is 950 g/mol. The Morgan fingerprint density at radius 2 is 1.56 bits per heavy atom. The van der Waals surface area contributed by atoms with E-state index in [0.717, 1.165) is 36.8 Å². The molecule has 1 saturated carbocycles. The molecule has 0 unspecified atom stereocenters. The minimum atomic E-state index is -1.09. The molecule has 18 heteroatoms. The number of ether oxygens (including phenoxy) is 4. The number of hydrogen-bond donors (Lipinski definition) is 3. The van der Waals surface area contributed by atoms with Gasteiger partial charge in [-0.25, -0.2) is 13.6 Å². The first-order valence-corrected chi connectivity index (χ1v) is 25.3. The minimum absolute atomic E-state index is 0.0157. The summed E-state index contributed by atoms with van der Waals surface area (Å²) in [5.74, 6) is -3.06. The number of nitrogens with two attached hydrogens (primary N) is 1. The fourth-order valence-corrected chi connectivity index (χ4v) is 11.5. The van der Waals surface area contributed by atoms with Crippen molar-refractivity contribution in [2.24, 2.45) is 11.7 Å². The molecule has 0 aromatic heterocycles. The molecule has 4 N–H and O–H groups in total. The number of primary amides is 1. The van der Waals surface area contributed by atoms with Crippen LogP contribution in [-0.4, -0.2) is 111 Å². The van der Waals surface area contributed by atoms with Gasteiger partial charge in [0.15, 0.2) is 23.8 Å². The molecule has 0 radical (unpaired) electrons. The molecule has 4 aromatic carbocycles. The zero-order chi connectivity index (χ0) is 50.8. The van der Waals surface area contributed by atoms with Crippen molar-refractivity contribution < 1.29 is 51.7 Å². The normalized spacial score (nSPS) is 22.8. The Balaban J connectivity index is 0.749. The maximum atomic E-state index is 16.2. The van der Waals surface area contributed by atoms with Crippen LogP contribution >= 0.6 is 11.6 Å². The first kappa shape index (κ1) is 50.6. The van der Waals surface area contributed by atoms with E-state index in [-0.39, 0.29) is 94.7 Å². The van der Waals surface area contributed by atoms with Gasteiger partial charge in [0.25, 0.3) is 5.91 Å². The van der Waals surface area contributed by atoms with Gasteiger partial charge in [0.2, 0.25) is 17.7 Å². The van der Waals surface area contributed by atoms with E-state index in [1.807, 2.05) is 55.1 Å². The van der Waals surface area contributed by atoms with Crippen LogP contribution in [0.3, 0.4) is 0 Å². The molecule has 382 valence electrons. The van der Waals surface area contributed by atoms with E-state index in [1.54, 1.807) is 17.0 Å². The van der Waals surface area contributed by atoms with Crippen LogP contribution in [0.25, 0.3) is 11.1 Å². The van der Waals surface area contributed by atoms with Crippen molar-refractivity contribution in [1.29, 1.82) is 0 Å². The largest absolute Gasteiger partial charge is 0.494 e. The molecule has 3 saturated heterocycles. The number of carbonyl (C=O) groups is 5. The van der Waals surface area contributed by atoms with Crippen LogP contribution in [0.4, 0.5) is 19.3 Å². The monoisotopic (exact) mass is 1010 g/mol. The number of anilines is 1. The van der Waals surface area contributed by atoms with Crippen LogP contribution in [0.1, 0.15) is 97.7 Å². The Bertz CT molecular complexity index is 2720. The van der Waals surface area contributed by atoms with E-state index in [1.165, 1.54) is 30.2 Å². The number of aryl methyl sites for hydroxylation is 1. The summed E-state index contributed by atoms with van der Waals surface area (Å²) >= 11 is 6.69. The molecule has 0 spiro atoms. The van der Waals surface area contributed by atoms with Crippen molar-refractivity contribution >= 4 is 46.9 Å². The first-order chi connectivity index (χ1) is 34.6. The van der Waals surface area contributed by atoms with Crippen molar-refractivity contribution in [2.75, 3.05) is 57.9 Å². The van der Waals surface area contributed by atoms with E-state index in [4.69, 9.17) is 36.3 Å². The maximum Gasteiger partial charge on any atom is 0.328 e. The number of likely N-dealkylation sites (tertiary alicyclic amines) is 2. The highest BCUT2D eigenvalue weighted by molar-refractivity contribution is 6.34. The van der Waals surface area contributed by atoms with E-state index < -0.39 is 35.1 Å². The van der Waals surface area contributed by atoms with Crippen LogP contribution < -0.4 is 35.5 Å². The molecule has 72 heavy (non-hydrogen) atoms. The topological polar surface area (TPSA) is 182 Å². The second kappa shape index (κ2) is 21.4. The van der Waals surface area contributed by atoms with E-state index in [2.05, 4.69) is 10.6 Å². The van der Waals surface area contributed by atoms with Crippen LogP contribution in [0.2, 0.25) is 5.02 Å². The van der Waals surface area contributed by atoms with Gasteiger partial charge < -0.3 is 39.8 Å². The molecule has 4 aromatic rings. The number of urea groups is 1. The molecule has 4 fully saturated rings. The number of imide groups is 1. The summed E-state index contributed by atoms with van der Waals surface area (Å²) in [5, 5.41) is 5.70. The molecule has 1 aliphatic carbocycles. The highest BCUT2D eigenvalue weighted by Gasteiger charge is 2.50. The Morgan fingerprint density at radius 3 is 2.21 bits per heavy atom. The van der Waals surface area contributed by atoms with Crippen molar-refractivity contribution in [3.05, 3.63) is 106 Å². The molecule has 0 bridgehead atoms. The van der Waals surface area contributed by atoms with Gasteiger partial charge in [-0.2, -0.15) is 0 Å². The lowest BCUT2D eigenvalue weighted by Gasteiger charge is -2.39. The molecule has 2 atom stereocenters. The predicted octanol–water partition coefficient (Wildman–Crippen LogP) is 7.76. The number of halogens is 3. The number of carbonyl (C=O) groups excluding carboxylic acids is 5. The Labute approximate surface area is 422 Å². The van der Waals surface area contributed by atoms with E-state index >= 15 is 8.78 Å². The summed E-state index contributed by atoms with van der Waals surface area (Å²) < 4.78 is 56.4. The zero-order valence-corrected chi connectivity index (χ0v) is 41.5. The zero-order valence-electron chi connectivity index (χ0n) is 40.8. The summed E-state index contributed by atoms with van der Waals surface area (Å²) in [6.07, 6.45) is 6.12. The number of nitrogens with one attached hydrogen (secondary N) is 2. The van der Waals surface area contributed by atoms with E-state index in [0.29, 0.717) is 75.4 Å². The van der Waals surface area contributed by atoms with E-state index in [9.17, 15) is 24.0 Å². The molecule has 4 aliphatic heterocycles. The number of amides is 6. The molecule has 15 nitrogen and oxygen atoms in total. The smallest absolute Gasteiger partial charge is 0.328 e. The number of hydrogen-bond acceptors (Lipinski definition) is 10. The number of nitrogens with zero attached hydrogens (tertiary/aromatic N) is 3. The van der Waals surface area contributed by atoms with Crippen LogP contribution in [-0.2, 0) is 24.7 Å². The summed E-state index contributed by atoms with van der Waals surface area (Å²) in [4.78, 5) is 69.1. The summed E-state index contributed by atoms with van der Waals surface area (Å²) in [6, 6.07) is 18.3. The van der Waals surface area contributed by atoms with Gasteiger partial charge in [0, 0.05) is 92.4 Å². The van der Waals surface area contributed by atoms with Gasteiger partial charge in [0.1, 0.15) is 17.3 Å². The number of fused-ring (bicyclic) bond motifs is 1. The summed E-state index contributed by atoms with van der Waals surface area (Å²) in [7, 11) is 1.29. The fraction of sp³-hybridized carbons (Fsp3) is 0.463. The van der Waals surface area contributed by atoms with Gasteiger partial charge in [-0.3, -0.25) is 29.4 Å². The van der Waals surface area contributed by atoms with Gasteiger partial charge in [-0.1, -0.05) is 54.9 Å². The minimum Gasteiger partial charge on any atom is -0.494 e. The Morgan fingerprint density at radius 1 is 0.875 bits per heavy atom. The highest BCUT2D eigenvalue weighted by atomic mass is 35.5. The average Bonchev–Trinajstić information content (AvgIpc) is 3.67. The Hall–Kier alpha value is -6.30. The van der Waals surface area contributed by atoms with Gasteiger partial charge in [0.05, 0.1) is 35.6 Å². The first-order valence-electron chi connectivity index (χ1n) is 24.9. The third-order valence-corrected chi connectivity index (χ3v) is 15.7. The summed E-state index contributed by atoms with van der Waals surface area (Å²) in [5.41, 5.74) is 6.93. The third-order valence-electron chi connectivity index (χ3n) is 15.3. The molecule has 4 heterocycles. The van der Waals surface area contributed by atoms with Crippen molar-refractivity contribution in [3.63, 3.8) is 0 Å². The second-order valence-corrected chi connectivity index (χ2v) is 19.9. The maximum absolute atomic E-state index is 16.2. The number of rotatable bonds is 14. The van der Waals surface area contributed by atoms with Crippen LogP contribution in [0.15, 0.2) is 66.7 Å². The van der Waals surface area contributed by atoms with Crippen molar-refractivity contribution in [2.45, 2.75) is 101 Å². The quantitative estimate of drug-likeness (QED) is 0.113. The molecule has 6 amide bonds. The predicted molar refractivity (Wildman–Crippen MR) is 265 cm³/mol. The lowest BCUT2D eigenvalue weighted by atomic mass is 9.77. The molecule has 5 aliphatic rings. The SMILES string of the molecule is COc1ccc(C(N)=O)c(-c2c(Cl)c(F)cc3c2[C@H](C)[C@@](CNC2CCC(C(=O)N4CCC(OC5CCN(C(=O)COc6ccc(C)c(N7CCC(=O)NC7=O)c6)CC5)CC4)CC2)(c2ccccc2)O3)c1F. The third kappa shape index (κ3) is 10.2. The number of methoxy groups -OCH3 is 1. The van der Waals surface area contributed by atoms with Crippen LogP contribution in [0, 0.1) is 24.5 Å². The fourth-order valence-electron chi connectivity index (χ4n) is 11.2. The van der Waals surface area contributed by atoms with Gasteiger partial charge in [-0.05, 0) is 87.6 Å². The van der Waals surface area contributed by atoms with Crippen molar-refractivity contribution in [3.8, 4) is 28.4 Å². The van der Waals surface area contributed by atoms with Gasteiger partial charge >= 0.3 is 6.03 Å².